The molecule has 0 aromatic rings. The summed E-state index contributed by atoms with van der Waals surface area (Å²) in [7, 11) is 0. The average molecular weight is 1010 g/mol. The van der Waals surface area contributed by atoms with Crippen molar-refractivity contribution in [3.05, 3.63) is 24.3 Å². The molecule has 7 unspecified atom stereocenters. The first-order chi connectivity index (χ1) is 34.8. The number of amides is 1. The lowest BCUT2D eigenvalue weighted by atomic mass is 9.99. The molecule has 0 bridgehead atoms. The minimum absolute atomic E-state index is 0.172. The van der Waals surface area contributed by atoms with Gasteiger partial charge in [0.05, 0.1) is 25.4 Å². The normalized spacial score (nSPS) is 19.3. The second kappa shape index (κ2) is 52.1. The van der Waals surface area contributed by atoms with E-state index in [0.717, 1.165) is 38.5 Å². The highest BCUT2D eigenvalue weighted by Crippen LogP contribution is 2.23. The number of nitrogens with one attached hydrogen (secondary N) is 1. The van der Waals surface area contributed by atoms with Crippen molar-refractivity contribution in [3.63, 3.8) is 0 Å². The maximum absolute atomic E-state index is 13.1. The predicted octanol–water partition coefficient (Wildman–Crippen LogP) is 15.7. The van der Waals surface area contributed by atoms with Crippen molar-refractivity contribution in [1.29, 1.82) is 0 Å². The van der Waals surface area contributed by atoms with Gasteiger partial charge in [0.25, 0.3) is 0 Å². The van der Waals surface area contributed by atoms with Gasteiger partial charge in [0.2, 0.25) is 5.91 Å². The molecule has 0 aromatic heterocycles. The Kier molecular flexibility index (Phi) is 49.7. The summed E-state index contributed by atoms with van der Waals surface area (Å²) >= 11 is 0. The third kappa shape index (κ3) is 41.6. The minimum Gasteiger partial charge on any atom is -0.394 e. The Hall–Kier alpha value is -1.33. The highest BCUT2D eigenvalue weighted by Gasteiger charge is 2.44. The second-order valence-electron chi connectivity index (χ2n) is 21.9. The predicted molar refractivity (Wildman–Crippen MR) is 300 cm³/mol. The summed E-state index contributed by atoms with van der Waals surface area (Å²) < 4.78 is 11.3. The first-order valence-electron chi connectivity index (χ1n) is 31.1. The minimum atomic E-state index is -1.57. The van der Waals surface area contributed by atoms with Crippen molar-refractivity contribution >= 4 is 5.91 Å². The van der Waals surface area contributed by atoms with E-state index in [1.165, 1.54) is 250 Å². The fraction of sp³-hybridized carbons (Fsp3) is 0.919. The molecule has 0 aromatic carbocycles. The number of carbonyl (C=O) groups excluding carboxylic acids is 1. The molecule has 420 valence electrons. The molecule has 1 fully saturated rings. The van der Waals surface area contributed by atoms with Gasteiger partial charge in [-0.25, -0.2) is 0 Å². The topological polar surface area (TPSA) is 149 Å². The van der Waals surface area contributed by atoms with Gasteiger partial charge in [0.1, 0.15) is 24.4 Å². The van der Waals surface area contributed by atoms with Crippen LogP contribution in [0.5, 0.6) is 0 Å². The van der Waals surface area contributed by atoms with E-state index >= 15 is 0 Å². The van der Waals surface area contributed by atoms with Crippen LogP contribution in [0.4, 0.5) is 0 Å². The van der Waals surface area contributed by atoms with Gasteiger partial charge in [-0.05, 0) is 44.9 Å². The fourth-order valence-corrected chi connectivity index (χ4v) is 10.1. The molecule has 9 nitrogen and oxygen atoms in total. The molecule has 9 heteroatoms. The van der Waals surface area contributed by atoms with Crippen LogP contribution in [0.25, 0.3) is 0 Å². The van der Waals surface area contributed by atoms with E-state index in [4.69, 9.17) is 9.47 Å². The van der Waals surface area contributed by atoms with Crippen LogP contribution in [-0.4, -0.2) is 87.5 Å². The van der Waals surface area contributed by atoms with Crippen LogP contribution in [0, 0.1) is 0 Å². The van der Waals surface area contributed by atoms with E-state index in [9.17, 15) is 30.3 Å². The number of aliphatic hydroxyl groups is 5. The van der Waals surface area contributed by atoms with Crippen molar-refractivity contribution < 1.29 is 39.8 Å². The van der Waals surface area contributed by atoms with E-state index in [1.807, 2.05) is 6.08 Å². The zero-order valence-corrected chi connectivity index (χ0v) is 46.8. The van der Waals surface area contributed by atoms with Gasteiger partial charge in [-0.1, -0.05) is 282 Å². The Morgan fingerprint density at radius 2 is 0.789 bits per heavy atom. The van der Waals surface area contributed by atoms with Gasteiger partial charge in [-0.2, -0.15) is 0 Å². The van der Waals surface area contributed by atoms with Crippen LogP contribution in [0.15, 0.2) is 24.3 Å². The molecule has 1 aliphatic rings. The van der Waals surface area contributed by atoms with Crippen molar-refractivity contribution in [3.8, 4) is 0 Å². The van der Waals surface area contributed by atoms with Crippen LogP contribution >= 0.6 is 0 Å². The Morgan fingerprint density at radius 1 is 0.465 bits per heavy atom. The molecular formula is C62H119NO8. The summed E-state index contributed by atoms with van der Waals surface area (Å²) in [6, 6.07) is -0.803. The summed E-state index contributed by atoms with van der Waals surface area (Å²) in [5.74, 6) is -0.172. The van der Waals surface area contributed by atoms with Gasteiger partial charge in [0, 0.05) is 6.42 Å². The molecule has 0 saturated carbocycles. The third-order valence-electron chi connectivity index (χ3n) is 15.0. The molecule has 0 radical (unpaired) electrons. The van der Waals surface area contributed by atoms with Crippen LogP contribution in [0.2, 0.25) is 0 Å². The lowest BCUT2D eigenvalue weighted by Crippen LogP contribution is -2.60. The fourth-order valence-electron chi connectivity index (χ4n) is 10.1. The van der Waals surface area contributed by atoms with Crippen LogP contribution in [-0.2, 0) is 14.3 Å². The van der Waals surface area contributed by atoms with E-state index in [-0.39, 0.29) is 12.5 Å². The Morgan fingerprint density at radius 3 is 1.14 bits per heavy atom. The summed E-state index contributed by atoms with van der Waals surface area (Å²) in [5, 5.41) is 54.6. The molecule has 71 heavy (non-hydrogen) atoms. The van der Waals surface area contributed by atoms with Crippen molar-refractivity contribution in [2.45, 2.75) is 352 Å². The zero-order valence-electron chi connectivity index (χ0n) is 46.8. The molecule has 0 spiro atoms. The number of hydrogen-bond donors (Lipinski definition) is 6. The van der Waals surface area contributed by atoms with E-state index in [2.05, 4.69) is 31.3 Å². The lowest BCUT2D eigenvalue weighted by molar-refractivity contribution is -0.302. The van der Waals surface area contributed by atoms with E-state index < -0.39 is 49.5 Å². The highest BCUT2D eigenvalue weighted by molar-refractivity contribution is 5.76. The maximum atomic E-state index is 13.1. The van der Waals surface area contributed by atoms with Crippen LogP contribution in [0.1, 0.15) is 309 Å². The van der Waals surface area contributed by atoms with E-state index in [1.54, 1.807) is 6.08 Å². The van der Waals surface area contributed by atoms with Gasteiger partial charge >= 0.3 is 0 Å². The number of unbranched alkanes of at least 4 members (excludes halogenated alkanes) is 42. The molecule has 1 amide bonds. The number of carbonyl (C=O) groups is 1. The lowest BCUT2D eigenvalue weighted by Gasteiger charge is -2.40. The average Bonchev–Trinajstić information content (AvgIpc) is 3.37. The summed E-state index contributed by atoms with van der Waals surface area (Å²) in [5.41, 5.74) is 0. The highest BCUT2D eigenvalue weighted by atomic mass is 16.7. The molecule has 1 saturated heterocycles. The Labute approximate surface area is 439 Å². The van der Waals surface area contributed by atoms with Crippen molar-refractivity contribution in [2.24, 2.45) is 0 Å². The molecule has 1 aliphatic heterocycles. The molecule has 6 N–H and O–H groups in total. The SMILES string of the molecule is CCCCCCCCCCCCCC/C=C\CCCCCCCCCCCCCCCC(=O)NC(COC1OC(CO)C(O)C(O)C1O)C(O)/C=C/CCCCCCCCCCCCCCCCCCC. The Balaban J connectivity index is 2.16. The molecule has 1 rings (SSSR count). The number of aliphatic hydroxyl groups excluding tert-OH is 5. The largest absolute Gasteiger partial charge is 0.394 e. The first kappa shape index (κ1) is 67.7. The molecule has 0 aliphatic carbocycles. The van der Waals surface area contributed by atoms with Gasteiger partial charge < -0.3 is 40.3 Å². The van der Waals surface area contributed by atoms with Gasteiger partial charge in [0.15, 0.2) is 6.29 Å². The monoisotopic (exact) mass is 1010 g/mol. The zero-order chi connectivity index (χ0) is 51.5. The quantitative estimate of drug-likeness (QED) is 0.0261. The van der Waals surface area contributed by atoms with Gasteiger partial charge in [-0.15, -0.1) is 0 Å². The molecular weight excluding hydrogens is 887 g/mol. The first-order valence-corrected chi connectivity index (χ1v) is 31.1. The number of rotatable bonds is 54. The van der Waals surface area contributed by atoms with E-state index in [0.29, 0.717) is 6.42 Å². The summed E-state index contributed by atoms with van der Waals surface area (Å²) in [4.78, 5) is 13.1. The standard InChI is InChI=1S/C62H119NO8/c1-3-5-7-9-11-13-15-17-19-21-23-24-25-26-27-28-29-30-31-32-34-36-38-40-42-44-46-48-50-52-58(66)63-55(54-70-62-61(69)60(68)59(67)57(53-64)71-62)56(65)51-49-47-45-43-41-39-37-35-33-22-20-18-16-14-12-10-8-6-4-2/h26-27,49,51,55-57,59-62,64-65,67-69H,3-25,28-48,50,52-54H2,1-2H3,(H,63,66)/b27-26-,51-49+. The molecule has 7 atom stereocenters. The summed E-state index contributed by atoms with van der Waals surface area (Å²) in [6.07, 6.45) is 59.7. The number of allylic oxidation sites excluding steroid dienone is 3. The second-order valence-corrected chi connectivity index (χ2v) is 21.9. The Bertz CT molecular complexity index is 1170. The molecule has 1 heterocycles. The maximum Gasteiger partial charge on any atom is 0.220 e. The van der Waals surface area contributed by atoms with Gasteiger partial charge in [-0.3, -0.25) is 4.79 Å². The van der Waals surface area contributed by atoms with Crippen LogP contribution < -0.4 is 5.32 Å². The number of hydrogen-bond acceptors (Lipinski definition) is 8. The van der Waals surface area contributed by atoms with Crippen molar-refractivity contribution in [1.82, 2.24) is 5.32 Å². The number of ether oxygens (including phenoxy) is 2. The smallest absolute Gasteiger partial charge is 0.220 e. The van der Waals surface area contributed by atoms with Crippen molar-refractivity contribution in [2.75, 3.05) is 13.2 Å². The summed E-state index contributed by atoms with van der Waals surface area (Å²) in [6.45, 7) is 3.82. The van der Waals surface area contributed by atoms with Crippen LogP contribution in [0.3, 0.4) is 0 Å². The third-order valence-corrected chi connectivity index (χ3v) is 15.0.